The minimum absolute atomic E-state index is 0.0404. The summed E-state index contributed by atoms with van der Waals surface area (Å²) in [6.45, 7) is 0.00825. The minimum atomic E-state index is -5.23. The monoisotopic (exact) mass is 541 g/mol. The van der Waals surface area contributed by atoms with Crippen LogP contribution in [0.15, 0.2) is 48.5 Å². The molecule has 36 heavy (non-hydrogen) atoms. The Bertz CT molecular complexity index is 1280. The molecule has 0 spiro atoms. The number of halogens is 4. The first-order valence-corrected chi connectivity index (χ1v) is 11.6. The summed E-state index contributed by atoms with van der Waals surface area (Å²) in [6, 6.07) is 12.8. The minimum Gasteiger partial charge on any atom is -0.493 e. The second-order valence-electron chi connectivity index (χ2n) is 7.43. The fraction of sp³-hybridized carbons (Fsp3) is 0.217. The molecule has 1 aliphatic rings. The van der Waals surface area contributed by atoms with Crippen molar-refractivity contribution in [2.24, 2.45) is 5.73 Å². The van der Waals surface area contributed by atoms with Crippen molar-refractivity contribution in [2.45, 2.75) is 6.18 Å². The SMILES string of the molecule is COc1cc(N2CN(OC(=O)C(F)(F)F)c3cc(-c4ccc(Cl)cc4)sc3C2=O)ccc1OCCN. The maximum absolute atomic E-state index is 13.4. The van der Waals surface area contributed by atoms with Crippen molar-refractivity contribution in [2.75, 3.05) is 36.9 Å². The summed E-state index contributed by atoms with van der Waals surface area (Å²) in [4.78, 5) is 31.6. The molecule has 0 saturated carbocycles. The molecular formula is C23H19ClF3N3O5S. The van der Waals surface area contributed by atoms with Gasteiger partial charge in [-0.3, -0.25) is 9.69 Å². The summed E-state index contributed by atoms with van der Waals surface area (Å²) in [5.74, 6) is -2.25. The van der Waals surface area contributed by atoms with Crippen LogP contribution in [-0.2, 0) is 9.63 Å². The van der Waals surface area contributed by atoms with E-state index < -0.39 is 24.7 Å². The van der Waals surface area contributed by atoms with Gasteiger partial charge in [-0.2, -0.15) is 18.2 Å². The summed E-state index contributed by atoms with van der Waals surface area (Å²) < 4.78 is 49.8. The van der Waals surface area contributed by atoms with E-state index in [2.05, 4.69) is 4.84 Å². The van der Waals surface area contributed by atoms with Crippen LogP contribution in [0.2, 0.25) is 5.02 Å². The molecule has 1 aromatic heterocycles. The molecule has 1 amide bonds. The van der Waals surface area contributed by atoms with Gasteiger partial charge >= 0.3 is 12.1 Å². The van der Waals surface area contributed by atoms with E-state index in [9.17, 15) is 22.8 Å². The normalized spacial score (nSPS) is 13.4. The molecule has 2 heterocycles. The highest BCUT2D eigenvalue weighted by atomic mass is 35.5. The molecule has 0 bridgehead atoms. The van der Waals surface area contributed by atoms with Crippen LogP contribution < -0.4 is 25.2 Å². The van der Waals surface area contributed by atoms with Gasteiger partial charge in [-0.25, -0.2) is 4.79 Å². The zero-order valence-corrected chi connectivity index (χ0v) is 20.2. The number of anilines is 2. The third-order valence-corrected chi connectivity index (χ3v) is 6.49. The van der Waals surface area contributed by atoms with E-state index in [0.717, 1.165) is 16.4 Å². The van der Waals surface area contributed by atoms with Gasteiger partial charge in [-0.1, -0.05) is 23.7 Å². The average Bonchev–Trinajstić information content (AvgIpc) is 3.30. The molecule has 0 fully saturated rings. The van der Waals surface area contributed by atoms with Gasteiger partial charge in [0.05, 0.1) is 7.11 Å². The van der Waals surface area contributed by atoms with E-state index in [0.29, 0.717) is 21.2 Å². The number of fused-ring (bicyclic) bond motifs is 1. The first-order valence-electron chi connectivity index (χ1n) is 10.4. The Kier molecular flexibility index (Phi) is 7.29. The fourth-order valence-electron chi connectivity index (χ4n) is 3.41. The highest BCUT2D eigenvalue weighted by Crippen LogP contribution is 2.42. The summed E-state index contributed by atoms with van der Waals surface area (Å²) in [6.07, 6.45) is -5.23. The van der Waals surface area contributed by atoms with Crippen LogP contribution in [0.4, 0.5) is 24.5 Å². The van der Waals surface area contributed by atoms with Crippen molar-refractivity contribution < 1.29 is 37.1 Å². The molecule has 2 N–H and O–H groups in total. The highest BCUT2D eigenvalue weighted by molar-refractivity contribution is 7.18. The molecule has 2 aromatic carbocycles. The number of benzene rings is 2. The topological polar surface area (TPSA) is 94.3 Å². The Balaban J connectivity index is 1.74. The molecule has 190 valence electrons. The van der Waals surface area contributed by atoms with Gasteiger partial charge in [-0.15, -0.1) is 11.3 Å². The van der Waals surface area contributed by atoms with Crippen LogP contribution in [-0.4, -0.2) is 45.0 Å². The molecular weight excluding hydrogens is 523 g/mol. The zero-order chi connectivity index (χ0) is 26.0. The smallest absolute Gasteiger partial charge is 0.493 e. The van der Waals surface area contributed by atoms with E-state index >= 15 is 0 Å². The number of rotatable bonds is 7. The molecule has 0 atom stereocenters. The number of hydroxylamine groups is 1. The van der Waals surface area contributed by atoms with Crippen LogP contribution >= 0.6 is 22.9 Å². The van der Waals surface area contributed by atoms with E-state index in [-0.39, 0.29) is 35.2 Å². The maximum Gasteiger partial charge on any atom is 0.493 e. The summed E-state index contributed by atoms with van der Waals surface area (Å²) in [7, 11) is 1.40. The van der Waals surface area contributed by atoms with Gasteiger partial charge in [0.15, 0.2) is 11.5 Å². The number of carbonyl (C=O) groups excluding carboxylic acids is 2. The second kappa shape index (κ2) is 10.2. The third kappa shape index (κ3) is 5.20. The second-order valence-corrected chi connectivity index (χ2v) is 8.92. The summed E-state index contributed by atoms with van der Waals surface area (Å²) >= 11 is 6.99. The molecule has 3 aromatic rings. The predicted octanol–water partition coefficient (Wildman–Crippen LogP) is 4.86. The van der Waals surface area contributed by atoms with Gasteiger partial charge < -0.3 is 20.0 Å². The van der Waals surface area contributed by atoms with Crippen molar-refractivity contribution in [1.82, 2.24) is 0 Å². The van der Waals surface area contributed by atoms with Crippen molar-refractivity contribution in [3.05, 3.63) is 58.4 Å². The number of carbonyl (C=O) groups is 2. The zero-order valence-electron chi connectivity index (χ0n) is 18.7. The Labute approximate surface area is 212 Å². The number of ether oxygens (including phenoxy) is 2. The largest absolute Gasteiger partial charge is 0.493 e. The average molecular weight is 542 g/mol. The number of hydrogen-bond acceptors (Lipinski definition) is 8. The van der Waals surface area contributed by atoms with E-state index in [1.54, 1.807) is 30.3 Å². The molecule has 8 nitrogen and oxygen atoms in total. The third-order valence-electron chi connectivity index (χ3n) is 5.08. The summed E-state index contributed by atoms with van der Waals surface area (Å²) in [5.41, 5.74) is 6.48. The van der Waals surface area contributed by atoms with Crippen LogP contribution in [0.3, 0.4) is 0 Å². The molecule has 0 radical (unpaired) electrons. The lowest BCUT2D eigenvalue weighted by molar-refractivity contribution is -0.201. The number of nitrogens with zero attached hydrogens (tertiary/aromatic N) is 2. The van der Waals surface area contributed by atoms with Gasteiger partial charge in [0.1, 0.15) is 23.8 Å². The molecule has 13 heteroatoms. The van der Waals surface area contributed by atoms with Crippen molar-refractivity contribution in [3.8, 4) is 21.9 Å². The fourth-order valence-corrected chi connectivity index (χ4v) is 4.64. The number of alkyl halides is 3. The van der Waals surface area contributed by atoms with E-state index in [1.807, 2.05) is 0 Å². The quantitative estimate of drug-likeness (QED) is 0.456. The number of thiophene rings is 1. The van der Waals surface area contributed by atoms with Crippen molar-refractivity contribution in [3.63, 3.8) is 0 Å². The van der Waals surface area contributed by atoms with Gasteiger partial charge in [0.25, 0.3) is 5.91 Å². The van der Waals surface area contributed by atoms with Crippen LogP contribution in [0, 0.1) is 0 Å². The van der Waals surface area contributed by atoms with Crippen molar-refractivity contribution >= 4 is 46.2 Å². The predicted molar refractivity (Wildman–Crippen MR) is 129 cm³/mol. The molecule has 0 saturated heterocycles. The number of nitrogens with two attached hydrogens (primary N) is 1. The standard InChI is InChI=1S/C23H19ClF3N3O5S/c1-33-18-10-15(6-7-17(18)34-9-8-28)29-12-30(35-22(32)23(25,26)27)16-11-19(36-20(16)21(29)31)13-2-4-14(24)5-3-13/h2-7,10-11H,8-9,12,28H2,1H3. The first-order chi connectivity index (χ1) is 17.1. The lowest BCUT2D eigenvalue weighted by Crippen LogP contribution is -2.48. The molecule has 4 rings (SSSR count). The van der Waals surface area contributed by atoms with Gasteiger partial charge in [-0.05, 0) is 35.9 Å². The lowest BCUT2D eigenvalue weighted by Gasteiger charge is -2.34. The maximum atomic E-state index is 13.4. The highest BCUT2D eigenvalue weighted by Gasteiger charge is 2.45. The Morgan fingerprint density at radius 3 is 2.50 bits per heavy atom. The van der Waals surface area contributed by atoms with Crippen LogP contribution in [0.1, 0.15) is 9.67 Å². The Hall–Kier alpha value is -3.48. The first kappa shape index (κ1) is 25.6. The number of amides is 1. The molecule has 0 unspecified atom stereocenters. The van der Waals surface area contributed by atoms with Gasteiger partial charge in [0.2, 0.25) is 0 Å². The summed E-state index contributed by atoms with van der Waals surface area (Å²) in [5, 5.41) is 1.24. The molecule has 1 aliphatic heterocycles. The van der Waals surface area contributed by atoms with Gasteiger partial charge in [0, 0.05) is 28.2 Å². The van der Waals surface area contributed by atoms with Crippen LogP contribution in [0.5, 0.6) is 11.5 Å². The Morgan fingerprint density at radius 1 is 1.14 bits per heavy atom. The van der Waals surface area contributed by atoms with Crippen molar-refractivity contribution in [1.29, 1.82) is 0 Å². The number of hydrogen-bond donors (Lipinski definition) is 1. The van der Waals surface area contributed by atoms with E-state index in [1.165, 1.54) is 30.2 Å². The Morgan fingerprint density at radius 2 is 1.86 bits per heavy atom. The number of methoxy groups -OCH3 is 1. The lowest BCUT2D eigenvalue weighted by atomic mass is 10.1. The van der Waals surface area contributed by atoms with Crippen LogP contribution in [0.25, 0.3) is 10.4 Å². The van der Waals surface area contributed by atoms with E-state index in [4.69, 9.17) is 26.8 Å². The molecule has 0 aliphatic carbocycles.